The number of rotatable bonds is 2. The summed E-state index contributed by atoms with van der Waals surface area (Å²) in [5.74, 6) is 0.745. The Balaban J connectivity index is 2.40. The molecule has 0 saturated heterocycles. The molecule has 4 heteroatoms. The second-order valence-corrected chi connectivity index (χ2v) is 4.91. The summed E-state index contributed by atoms with van der Waals surface area (Å²) >= 11 is 3.42. The highest BCUT2D eigenvalue weighted by Gasteiger charge is 2.04. The number of aromatic nitrogens is 2. The standard InChI is InChI=1S/C13H13BrN2O/c1-9-6-13(17)16(10(2)15-9)8-11-4-3-5-12(14)7-11/h3-7H,8H2,1-2H3. The average Bonchev–Trinajstić information content (AvgIpc) is 2.23. The minimum atomic E-state index is -0.00465. The van der Waals surface area contributed by atoms with Crippen molar-refractivity contribution >= 4 is 15.9 Å². The van der Waals surface area contributed by atoms with E-state index in [0.29, 0.717) is 6.54 Å². The van der Waals surface area contributed by atoms with Gasteiger partial charge in [-0.2, -0.15) is 0 Å². The molecule has 0 radical (unpaired) electrons. The molecule has 0 spiro atoms. The molecule has 0 aliphatic carbocycles. The summed E-state index contributed by atoms with van der Waals surface area (Å²) in [5, 5.41) is 0. The van der Waals surface area contributed by atoms with Crippen LogP contribution in [0.3, 0.4) is 0 Å². The molecule has 0 unspecified atom stereocenters. The molecule has 0 amide bonds. The molecular formula is C13H13BrN2O. The topological polar surface area (TPSA) is 34.9 Å². The average molecular weight is 293 g/mol. The van der Waals surface area contributed by atoms with Gasteiger partial charge in [-0.1, -0.05) is 28.1 Å². The summed E-state index contributed by atoms with van der Waals surface area (Å²) in [6.45, 7) is 4.24. The van der Waals surface area contributed by atoms with Crippen LogP contribution in [-0.2, 0) is 6.54 Å². The third-order valence-electron chi connectivity index (χ3n) is 2.56. The van der Waals surface area contributed by atoms with Crippen LogP contribution in [0.15, 0.2) is 39.6 Å². The number of halogens is 1. The Labute approximate surface area is 108 Å². The maximum Gasteiger partial charge on any atom is 0.254 e. The SMILES string of the molecule is Cc1cc(=O)n(Cc2cccc(Br)c2)c(C)n1. The molecule has 2 aromatic rings. The lowest BCUT2D eigenvalue weighted by Gasteiger charge is -2.09. The van der Waals surface area contributed by atoms with Gasteiger partial charge in [0.25, 0.3) is 5.56 Å². The Hall–Kier alpha value is -1.42. The second kappa shape index (κ2) is 4.84. The van der Waals surface area contributed by atoms with Gasteiger partial charge in [0.2, 0.25) is 0 Å². The van der Waals surface area contributed by atoms with Gasteiger partial charge in [-0.15, -0.1) is 0 Å². The molecule has 3 nitrogen and oxygen atoms in total. The fraction of sp³-hybridized carbons (Fsp3) is 0.231. The fourth-order valence-corrected chi connectivity index (χ4v) is 2.22. The maximum absolute atomic E-state index is 11.9. The third kappa shape index (κ3) is 2.82. The zero-order valence-electron chi connectivity index (χ0n) is 9.77. The predicted octanol–water partition coefficient (Wildman–Crippen LogP) is 2.67. The minimum absolute atomic E-state index is 0.00465. The molecule has 0 N–H and O–H groups in total. The lowest BCUT2D eigenvalue weighted by molar-refractivity contribution is 0.694. The molecule has 1 aromatic heterocycles. The maximum atomic E-state index is 11.9. The first kappa shape index (κ1) is 12.0. The van der Waals surface area contributed by atoms with Crippen molar-refractivity contribution in [2.24, 2.45) is 0 Å². The van der Waals surface area contributed by atoms with Crippen LogP contribution in [-0.4, -0.2) is 9.55 Å². The van der Waals surface area contributed by atoms with Crippen molar-refractivity contribution < 1.29 is 0 Å². The molecule has 0 aliphatic heterocycles. The van der Waals surface area contributed by atoms with E-state index >= 15 is 0 Å². The summed E-state index contributed by atoms with van der Waals surface area (Å²) in [6.07, 6.45) is 0. The van der Waals surface area contributed by atoms with Crippen LogP contribution in [0.25, 0.3) is 0 Å². The Kier molecular flexibility index (Phi) is 3.43. The van der Waals surface area contributed by atoms with Gasteiger partial charge in [0.15, 0.2) is 0 Å². The van der Waals surface area contributed by atoms with Crippen molar-refractivity contribution in [2.45, 2.75) is 20.4 Å². The Bertz CT molecular complexity index is 605. The molecule has 0 fully saturated rings. The number of benzene rings is 1. The molecule has 0 aliphatic rings. The Morgan fingerprint density at radius 2 is 2.06 bits per heavy atom. The fourth-order valence-electron chi connectivity index (χ4n) is 1.77. The molecular weight excluding hydrogens is 280 g/mol. The van der Waals surface area contributed by atoms with Crippen LogP contribution in [0, 0.1) is 13.8 Å². The largest absolute Gasteiger partial charge is 0.292 e. The molecule has 17 heavy (non-hydrogen) atoms. The lowest BCUT2D eigenvalue weighted by Crippen LogP contribution is -2.24. The van der Waals surface area contributed by atoms with Crippen molar-refractivity contribution in [2.75, 3.05) is 0 Å². The van der Waals surface area contributed by atoms with Crippen molar-refractivity contribution in [3.8, 4) is 0 Å². The van der Waals surface area contributed by atoms with Gasteiger partial charge in [-0.05, 0) is 31.5 Å². The van der Waals surface area contributed by atoms with Crippen molar-refractivity contribution in [1.29, 1.82) is 0 Å². The van der Waals surface area contributed by atoms with E-state index in [9.17, 15) is 4.79 Å². The van der Waals surface area contributed by atoms with Crippen LogP contribution >= 0.6 is 15.9 Å². The van der Waals surface area contributed by atoms with E-state index in [4.69, 9.17) is 0 Å². The first-order valence-electron chi connectivity index (χ1n) is 5.36. The van der Waals surface area contributed by atoms with E-state index in [1.807, 2.05) is 38.1 Å². The molecule has 1 aromatic carbocycles. The summed E-state index contributed by atoms with van der Waals surface area (Å²) in [4.78, 5) is 16.2. The van der Waals surface area contributed by atoms with E-state index in [0.717, 1.165) is 21.6 Å². The number of hydrogen-bond donors (Lipinski definition) is 0. The van der Waals surface area contributed by atoms with Crippen LogP contribution in [0.4, 0.5) is 0 Å². The first-order valence-corrected chi connectivity index (χ1v) is 6.15. The summed E-state index contributed by atoms with van der Waals surface area (Å²) in [7, 11) is 0. The van der Waals surface area contributed by atoms with Gasteiger partial charge in [-0.25, -0.2) is 4.98 Å². The van der Waals surface area contributed by atoms with Gasteiger partial charge in [0.1, 0.15) is 5.82 Å². The zero-order chi connectivity index (χ0) is 12.4. The van der Waals surface area contributed by atoms with E-state index < -0.39 is 0 Å². The highest BCUT2D eigenvalue weighted by molar-refractivity contribution is 9.10. The highest BCUT2D eigenvalue weighted by atomic mass is 79.9. The normalized spacial score (nSPS) is 10.5. The zero-order valence-corrected chi connectivity index (χ0v) is 11.4. The molecule has 0 bridgehead atoms. The van der Waals surface area contributed by atoms with Gasteiger partial charge < -0.3 is 0 Å². The molecule has 0 saturated carbocycles. The number of hydrogen-bond acceptors (Lipinski definition) is 2. The minimum Gasteiger partial charge on any atom is -0.292 e. The van der Waals surface area contributed by atoms with Crippen LogP contribution < -0.4 is 5.56 Å². The first-order chi connectivity index (χ1) is 8.06. The monoisotopic (exact) mass is 292 g/mol. The molecule has 1 heterocycles. The summed E-state index contributed by atoms with van der Waals surface area (Å²) < 4.78 is 2.69. The van der Waals surface area contributed by atoms with Crippen LogP contribution in [0.1, 0.15) is 17.1 Å². The van der Waals surface area contributed by atoms with Crippen molar-refractivity contribution in [3.63, 3.8) is 0 Å². The Morgan fingerprint density at radius 1 is 1.29 bits per heavy atom. The molecule has 2 rings (SSSR count). The van der Waals surface area contributed by atoms with Crippen LogP contribution in [0.2, 0.25) is 0 Å². The quantitative estimate of drug-likeness (QED) is 0.853. The van der Waals surface area contributed by atoms with E-state index in [2.05, 4.69) is 20.9 Å². The van der Waals surface area contributed by atoms with Gasteiger partial charge in [0, 0.05) is 16.2 Å². The van der Waals surface area contributed by atoms with E-state index in [-0.39, 0.29) is 5.56 Å². The molecule has 88 valence electrons. The van der Waals surface area contributed by atoms with E-state index in [1.165, 1.54) is 0 Å². The molecule has 0 atom stereocenters. The number of nitrogens with zero attached hydrogens (tertiary/aromatic N) is 2. The summed E-state index contributed by atoms with van der Waals surface area (Å²) in [5.41, 5.74) is 1.84. The van der Waals surface area contributed by atoms with Gasteiger partial charge in [-0.3, -0.25) is 9.36 Å². The second-order valence-electron chi connectivity index (χ2n) is 4.00. The smallest absolute Gasteiger partial charge is 0.254 e. The summed E-state index contributed by atoms with van der Waals surface area (Å²) in [6, 6.07) is 9.49. The highest BCUT2D eigenvalue weighted by Crippen LogP contribution is 2.12. The van der Waals surface area contributed by atoms with E-state index in [1.54, 1.807) is 10.6 Å². The van der Waals surface area contributed by atoms with Gasteiger partial charge >= 0.3 is 0 Å². The van der Waals surface area contributed by atoms with Crippen LogP contribution in [0.5, 0.6) is 0 Å². The predicted molar refractivity (Wildman–Crippen MR) is 71.2 cm³/mol. The lowest BCUT2D eigenvalue weighted by atomic mass is 10.2. The Morgan fingerprint density at radius 3 is 2.71 bits per heavy atom. The van der Waals surface area contributed by atoms with Crippen molar-refractivity contribution in [3.05, 3.63) is 62.2 Å². The van der Waals surface area contributed by atoms with Gasteiger partial charge in [0.05, 0.1) is 6.54 Å². The number of aryl methyl sites for hydroxylation is 2. The third-order valence-corrected chi connectivity index (χ3v) is 3.05. The van der Waals surface area contributed by atoms with Crippen molar-refractivity contribution in [1.82, 2.24) is 9.55 Å².